The molecule has 0 aliphatic heterocycles. The van der Waals surface area contributed by atoms with Crippen LogP contribution in [0.3, 0.4) is 0 Å². The van der Waals surface area contributed by atoms with Gasteiger partial charge in [0.2, 0.25) is 0 Å². The van der Waals surface area contributed by atoms with Crippen LogP contribution < -0.4 is 4.74 Å². The van der Waals surface area contributed by atoms with Crippen LogP contribution in [0.25, 0.3) is 10.6 Å². The number of carbonyl (C=O) groups excluding carboxylic acids is 1. The molecule has 1 aromatic carbocycles. The molecule has 0 atom stereocenters. The van der Waals surface area contributed by atoms with Crippen LogP contribution in [-0.4, -0.2) is 24.7 Å². The summed E-state index contributed by atoms with van der Waals surface area (Å²) in [4.78, 5) is 16.1. The van der Waals surface area contributed by atoms with Crippen molar-refractivity contribution in [2.24, 2.45) is 0 Å². The number of hydrogen-bond donors (Lipinski definition) is 0. The molecule has 4 nitrogen and oxygen atoms in total. The second kappa shape index (κ2) is 6.33. The fourth-order valence-corrected chi connectivity index (χ4v) is 2.36. The molecule has 0 bridgehead atoms. The van der Waals surface area contributed by atoms with E-state index in [1.807, 2.05) is 24.3 Å². The van der Waals surface area contributed by atoms with Crippen LogP contribution in [0.1, 0.15) is 23.0 Å². The second-order valence-corrected chi connectivity index (χ2v) is 4.92. The third-order valence-corrected chi connectivity index (χ3v) is 3.49. The predicted molar refractivity (Wildman–Crippen MR) is 74.7 cm³/mol. The standard InChI is InChI=1S/C14H15NO3S/c1-3-8-18-11-6-4-10(5-7-11)13-15-9-12(19-13)14(16)17-2/h4-7,9H,3,8H2,1-2H3. The molecule has 19 heavy (non-hydrogen) atoms. The number of nitrogens with zero attached hydrogens (tertiary/aromatic N) is 1. The number of aromatic nitrogens is 1. The minimum atomic E-state index is -0.355. The normalized spacial score (nSPS) is 10.2. The monoisotopic (exact) mass is 277 g/mol. The third-order valence-electron chi connectivity index (χ3n) is 2.47. The molecule has 0 aliphatic rings. The number of carbonyl (C=O) groups is 1. The zero-order valence-electron chi connectivity index (χ0n) is 10.9. The first-order valence-electron chi connectivity index (χ1n) is 6.02. The third kappa shape index (κ3) is 3.32. The summed E-state index contributed by atoms with van der Waals surface area (Å²) in [6.07, 6.45) is 2.52. The molecule has 0 aliphatic carbocycles. The lowest BCUT2D eigenvalue weighted by molar-refractivity contribution is 0.0606. The Hall–Kier alpha value is -1.88. The van der Waals surface area contributed by atoms with Crippen LogP contribution in [-0.2, 0) is 4.74 Å². The SMILES string of the molecule is CCCOc1ccc(-c2ncc(C(=O)OC)s2)cc1. The highest BCUT2D eigenvalue weighted by Gasteiger charge is 2.11. The van der Waals surface area contributed by atoms with E-state index >= 15 is 0 Å². The van der Waals surface area contributed by atoms with Crippen molar-refractivity contribution in [2.75, 3.05) is 13.7 Å². The summed E-state index contributed by atoms with van der Waals surface area (Å²) in [6.45, 7) is 2.78. The van der Waals surface area contributed by atoms with Gasteiger partial charge >= 0.3 is 5.97 Å². The molecule has 0 saturated carbocycles. The molecule has 1 heterocycles. The zero-order chi connectivity index (χ0) is 13.7. The summed E-state index contributed by atoms with van der Waals surface area (Å²) in [5.74, 6) is 0.488. The van der Waals surface area contributed by atoms with Gasteiger partial charge in [-0.2, -0.15) is 0 Å². The van der Waals surface area contributed by atoms with Gasteiger partial charge in [-0.15, -0.1) is 11.3 Å². The summed E-state index contributed by atoms with van der Waals surface area (Å²) in [7, 11) is 1.36. The molecule has 0 spiro atoms. The van der Waals surface area contributed by atoms with Crippen LogP contribution in [0.4, 0.5) is 0 Å². The van der Waals surface area contributed by atoms with Crippen molar-refractivity contribution in [2.45, 2.75) is 13.3 Å². The maximum Gasteiger partial charge on any atom is 0.349 e. The van der Waals surface area contributed by atoms with Crippen molar-refractivity contribution >= 4 is 17.3 Å². The van der Waals surface area contributed by atoms with E-state index in [0.29, 0.717) is 11.5 Å². The Morgan fingerprint density at radius 3 is 2.68 bits per heavy atom. The lowest BCUT2D eigenvalue weighted by Gasteiger charge is -2.04. The summed E-state index contributed by atoms with van der Waals surface area (Å²) < 4.78 is 10.2. The summed E-state index contributed by atoms with van der Waals surface area (Å²) in [5.41, 5.74) is 0.962. The van der Waals surface area contributed by atoms with Crippen molar-refractivity contribution in [3.05, 3.63) is 35.3 Å². The Morgan fingerprint density at radius 1 is 1.32 bits per heavy atom. The van der Waals surface area contributed by atoms with Gasteiger partial charge in [0.1, 0.15) is 15.6 Å². The van der Waals surface area contributed by atoms with E-state index < -0.39 is 0 Å². The summed E-state index contributed by atoms with van der Waals surface area (Å²) in [6, 6.07) is 7.68. The largest absolute Gasteiger partial charge is 0.494 e. The molecule has 100 valence electrons. The molecule has 0 amide bonds. The van der Waals surface area contributed by atoms with E-state index in [0.717, 1.165) is 22.7 Å². The number of methoxy groups -OCH3 is 1. The first kappa shape index (κ1) is 13.5. The molecule has 0 radical (unpaired) electrons. The van der Waals surface area contributed by atoms with E-state index in [1.165, 1.54) is 24.6 Å². The zero-order valence-corrected chi connectivity index (χ0v) is 11.7. The Morgan fingerprint density at radius 2 is 2.05 bits per heavy atom. The average molecular weight is 277 g/mol. The first-order chi connectivity index (χ1) is 9.24. The highest BCUT2D eigenvalue weighted by Crippen LogP contribution is 2.27. The molecule has 1 aromatic heterocycles. The lowest BCUT2D eigenvalue weighted by atomic mass is 10.2. The van der Waals surface area contributed by atoms with Crippen molar-refractivity contribution in [1.82, 2.24) is 4.98 Å². The fraction of sp³-hybridized carbons (Fsp3) is 0.286. The average Bonchev–Trinajstić information content (AvgIpc) is 2.94. The van der Waals surface area contributed by atoms with Crippen LogP contribution in [0.15, 0.2) is 30.5 Å². The van der Waals surface area contributed by atoms with E-state index in [2.05, 4.69) is 16.6 Å². The maximum atomic E-state index is 11.4. The van der Waals surface area contributed by atoms with Gasteiger partial charge in [-0.1, -0.05) is 6.92 Å². The van der Waals surface area contributed by atoms with Gasteiger partial charge in [-0.3, -0.25) is 0 Å². The fourth-order valence-electron chi connectivity index (χ4n) is 1.52. The van der Waals surface area contributed by atoms with Gasteiger partial charge in [-0.05, 0) is 30.7 Å². The van der Waals surface area contributed by atoms with Crippen molar-refractivity contribution < 1.29 is 14.3 Å². The number of thiazole rings is 1. The van der Waals surface area contributed by atoms with Gasteiger partial charge in [0, 0.05) is 5.56 Å². The molecule has 0 N–H and O–H groups in total. The van der Waals surface area contributed by atoms with Gasteiger partial charge in [0.05, 0.1) is 19.9 Å². The molecule has 2 rings (SSSR count). The van der Waals surface area contributed by atoms with Crippen molar-refractivity contribution in [3.63, 3.8) is 0 Å². The Labute approximate surface area is 116 Å². The smallest absolute Gasteiger partial charge is 0.349 e. The number of hydrogen-bond acceptors (Lipinski definition) is 5. The lowest BCUT2D eigenvalue weighted by Crippen LogP contribution is -1.96. The molecule has 0 unspecified atom stereocenters. The molecule has 5 heteroatoms. The van der Waals surface area contributed by atoms with E-state index in [1.54, 1.807) is 0 Å². The molecule has 0 fully saturated rings. The Balaban J connectivity index is 2.13. The van der Waals surface area contributed by atoms with E-state index in [9.17, 15) is 4.79 Å². The van der Waals surface area contributed by atoms with Crippen molar-refractivity contribution in [1.29, 1.82) is 0 Å². The van der Waals surface area contributed by atoms with Crippen molar-refractivity contribution in [3.8, 4) is 16.3 Å². The van der Waals surface area contributed by atoms with Gasteiger partial charge < -0.3 is 9.47 Å². The van der Waals surface area contributed by atoms with Crippen LogP contribution in [0.2, 0.25) is 0 Å². The number of esters is 1. The minimum Gasteiger partial charge on any atom is -0.494 e. The van der Waals surface area contributed by atoms with Gasteiger partial charge in [-0.25, -0.2) is 9.78 Å². The topological polar surface area (TPSA) is 48.4 Å². The van der Waals surface area contributed by atoms with Crippen LogP contribution >= 0.6 is 11.3 Å². The summed E-state index contributed by atoms with van der Waals surface area (Å²) >= 11 is 1.32. The number of benzene rings is 1. The highest BCUT2D eigenvalue weighted by atomic mass is 32.1. The number of rotatable bonds is 5. The van der Waals surface area contributed by atoms with Crippen LogP contribution in [0, 0.1) is 0 Å². The molecular weight excluding hydrogens is 262 g/mol. The Bertz CT molecular complexity index is 548. The first-order valence-corrected chi connectivity index (χ1v) is 6.83. The second-order valence-electron chi connectivity index (χ2n) is 3.89. The maximum absolute atomic E-state index is 11.4. The minimum absolute atomic E-state index is 0.355. The van der Waals surface area contributed by atoms with Gasteiger partial charge in [0.15, 0.2) is 0 Å². The van der Waals surface area contributed by atoms with Crippen LogP contribution in [0.5, 0.6) is 5.75 Å². The predicted octanol–water partition coefficient (Wildman–Crippen LogP) is 3.39. The van der Waals surface area contributed by atoms with E-state index in [-0.39, 0.29) is 5.97 Å². The summed E-state index contributed by atoms with van der Waals surface area (Å²) in [5, 5.41) is 0.794. The quantitative estimate of drug-likeness (QED) is 0.786. The Kier molecular flexibility index (Phi) is 4.52. The molecule has 2 aromatic rings. The number of ether oxygens (including phenoxy) is 2. The van der Waals surface area contributed by atoms with Gasteiger partial charge in [0.25, 0.3) is 0 Å². The highest BCUT2D eigenvalue weighted by molar-refractivity contribution is 7.16. The molecule has 0 saturated heterocycles. The molecular formula is C14H15NO3S. The van der Waals surface area contributed by atoms with E-state index in [4.69, 9.17) is 4.74 Å².